The summed E-state index contributed by atoms with van der Waals surface area (Å²) >= 11 is 0. The van der Waals surface area contributed by atoms with E-state index < -0.39 is 5.39 Å². The Kier molecular flexibility index (Phi) is 859. The van der Waals surface area contributed by atoms with Gasteiger partial charge in [0.2, 0.25) is 0 Å². The van der Waals surface area contributed by atoms with E-state index in [-0.39, 0.29) is 52.3 Å². The van der Waals surface area contributed by atoms with Gasteiger partial charge in [-0.3, -0.25) is 0 Å². The van der Waals surface area contributed by atoms with Crippen molar-refractivity contribution in [3.63, 3.8) is 0 Å². The third-order valence-electron chi connectivity index (χ3n) is 0. The second kappa shape index (κ2) is 83.7. The molecule has 14 N–H and O–H groups in total. The van der Waals surface area contributed by atoms with Crippen LogP contribution >= 0.6 is 0 Å². The van der Waals surface area contributed by atoms with Gasteiger partial charge in [0.1, 0.15) is 0 Å². The number of nitrogens with zero attached hydrogens (tertiary/aromatic N) is 1. The summed E-state index contributed by atoms with van der Waals surface area (Å²) in [6.45, 7) is 0. The largest absolute Gasteiger partial charge is 0.738 e. The normalized spacial score (nSPS) is 3.27. The van der Waals surface area contributed by atoms with Crippen LogP contribution in [0.4, 0.5) is 0 Å². The molecule has 0 fully saturated rings. The zero-order valence-corrected chi connectivity index (χ0v) is 8.42. The molecule has 0 bridgehead atoms. The Morgan fingerprint density at radius 1 is 0.727 bits per heavy atom. The maximum absolute atomic E-state index is 8.47. The van der Waals surface area contributed by atoms with Gasteiger partial charge < -0.3 is 48.5 Å². The van der Waals surface area contributed by atoms with Crippen molar-refractivity contribution >= 4 is 0 Å². The Morgan fingerprint density at radius 2 is 0.727 bits per heavy atom. The second-order valence-corrected chi connectivity index (χ2v) is 0.253. The van der Waals surface area contributed by atoms with Gasteiger partial charge in [-0.25, -0.2) is 0 Å². The second-order valence-electron chi connectivity index (χ2n) is 0.253. The van der Waals surface area contributed by atoms with Gasteiger partial charge in [0.15, 0.2) is 0 Å². The third-order valence-corrected chi connectivity index (χ3v) is 0. The molecule has 0 aromatic rings. The van der Waals surface area contributed by atoms with Crippen LogP contribution in [0.1, 0.15) is 0 Å². The summed E-state index contributed by atoms with van der Waals surface area (Å²) in [5.41, 5.74) is 0. The summed E-state index contributed by atoms with van der Waals surface area (Å²) in [6, 6.07) is 0. The molecule has 0 unspecified atom stereocenters. The molecule has 0 amide bonds. The number of hydrogen-bond donors (Lipinski definition) is 2. The van der Waals surface area contributed by atoms with Crippen molar-refractivity contribution in [3.8, 4) is 0 Å². The van der Waals surface area contributed by atoms with Crippen molar-refractivity contribution in [2.45, 2.75) is 0 Å². The molecule has 0 radical (unpaired) electrons. The van der Waals surface area contributed by atoms with Crippen molar-refractivity contribution in [3.05, 3.63) is 5.21 Å². The van der Waals surface area contributed by atoms with Crippen LogP contribution in [-0.4, -0.2) is 48.7 Å². The van der Waals surface area contributed by atoms with E-state index >= 15 is 0 Å². The van der Waals surface area contributed by atoms with Crippen LogP contribution in [0.2, 0.25) is 0 Å². The predicted molar refractivity (Wildman–Crippen MR) is 30.5 cm³/mol. The minimum Gasteiger partial charge on any atom is -0.738 e. The Balaban J connectivity index is -0.00000000214. The van der Waals surface area contributed by atoms with Crippen molar-refractivity contribution in [2.75, 3.05) is 0 Å². The summed E-state index contributed by atoms with van der Waals surface area (Å²) < 4.78 is 0. The van der Waals surface area contributed by atoms with E-state index in [1.165, 1.54) is 0 Å². The molecule has 0 aliphatic carbocycles. The molecule has 0 spiro atoms. The molecular formula is H14NO9Zn-. The molecular weight excluding hydrogens is 223 g/mol. The van der Waals surface area contributed by atoms with Crippen molar-refractivity contribution in [1.82, 2.24) is 5.39 Å². The molecule has 0 rings (SSSR count). The summed E-state index contributed by atoms with van der Waals surface area (Å²) in [6.07, 6.45) is 0. The van der Waals surface area contributed by atoms with E-state index in [2.05, 4.69) is 0 Å². The van der Waals surface area contributed by atoms with Gasteiger partial charge in [0.25, 0.3) is 0 Å². The zero-order chi connectivity index (χ0) is 3.58. The summed E-state index contributed by atoms with van der Waals surface area (Å²) in [5.74, 6) is 0. The fourth-order valence-corrected chi connectivity index (χ4v) is 0. The van der Waals surface area contributed by atoms with E-state index in [1.807, 2.05) is 0 Å². The smallest absolute Gasteiger partial charge is 0 e. The molecule has 0 aromatic carbocycles. The van der Waals surface area contributed by atoms with Crippen molar-refractivity contribution in [2.24, 2.45) is 0 Å². The molecule has 76 valence electrons. The van der Waals surface area contributed by atoms with Crippen LogP contribution < -0.4 is 0 Å². The first-order chi connectivity index (χ1) is 1.73. The minimum absolute atomic E-state index is 0. The summed E-state index contributed by atoms with van der Waals surface area (Å²) in [7, 11) is 0. The molecule has 0 aliphatic rings. The third kappa shape index (κ3) is 13900. The maximum Gasteiger partial charge on any atom is 0 e. The summed E-state index contributed by atoms with van der Waals surface area (Å²) in [5, 5.41) is 21.0. The molecule has 0 atom stereocenters. The molecule has 0 saturated carbocycles. The van der Waals surface area contributed by atoms with Crippen LogP contribution in [0.15, 0.2) is 0 Å². The molecule has 0 saturated heterocycles. The van der Waals surface area contributed by atoms with Crippen LogP contribution in [0.5, 0.6) is 0 Å². The molecule has 11 heavy (non-hydrogen) atoms. The fourth-order valence-electron chi connectivity index (χ4n) is 0. The molecule has 10 nitrogen and oxygen atoms in total. The van der Waals surface area contributed by atoms with Crippen LogP contribution in [-0.2, 0) is 19.5 Å². The summed E-state index contributed by atoms with van der Waals surface area (Å²) in [4.78, 5) is 0. The van der Waals surface area contributed by atoms with Gasteiger partial charge in [-0.15, -0.1) is 5.39 Å². The minimum atomic E-state index is -1.25. The van der Waals surface area contributed by atoms with Crippen molar-refractivity contribution < 1.29 is 62.7 Å². The predicted octanol–water partition coefficient (Wildman–Crippen LogP) is -5.39. The fraction of sp³-hybridized carbons (Fsp3) is 0. The quantitative estimate of drug-likeness (QED) is 0.308. The van der Waals surface area contributed by atoms with E-state index in [9.17, 15) is 0 Å². The van der Waals surface area contributed by atoms with Crippen LogP contribution in [0.25, 0.3) is 0 Å². The van der Waals surface area contributed by atoms with Gasteiger partial charge >= 0.3 is 0 Å². The Morgan fingerprint density at radius 3 is 0.727 bits per heavy atom. The number of hydrogen-bond acceptors (Lipinski definition) is 4. The van der Waals surface area contributed by atoms with E-state index in [0.717, 1.165) is 0 Å². The van der Waals surface area contributed by atoms with Gasteiger partial charge in [0, 0.05) is 19.5 Å². The SMILES string of the molecule is O.O.O.O.O.O.[O-]N(O)O.[Zn]. The van der Waals surface area contributed by atoms with E-state index in [4.69, 9.17) is 15.6 Å². The topological polar surface area (TPSA) is 256 Å². The standard InChI is InChI=1S/H2NO3.6H2O.Zn/c2-1(3)4;;;;;;;/h2-3H;6*1H2;/q-1;;;;;;;. The van der Waals surface area contributed by atoms with Gasteiger partial charge in [-0.2, -0.15) is 0 Å². The Bertz CT molecular complexity index is 14.3. The monoisotopic (exact) mass is 236 g/mol. The van der Waals surface area contributed by atoms with Crippen LogP contribution in [0, 0.1) is 5.21 Å². The Hall–Kier alpha value is 0.223. The average Bonchev–Trinajstić information content (AvgIpc) is 0.811. The van der Waals surface area contributed by atoms with Gasteiger partial charge in [0.05, 0.1) is 0 Å². The van der Waals surface area contributed by atoms with E-state index in [1.54, 1.807) is 0 Å². The Labute approximate surface area is 74.1 Å². The number of rotatable bonds is 0. The average molecular weight is 238 g/mol. The van der Waals surface area contributed by atoms with Crippen molar-refractivity contribution in [1.29, 1.82) is 0 Å². The first-order valence-corrected chi connectivity index (χ1v) is 0.583. The zero-order valence-electron chi connectivity index (χ0n) is 5.46. The van der Waals surface area contributed by atoms with Crippen LogP contribution in [0.3, 0.4) is 0 Å². The molecule has 11 heteroatoms. The maximum atomic E-state index is 8.47. The first-order valence-electron chi connectivity index (χ1n) is 0.583. The molecule has 0 heterocycles. The molecule has 0 aromatic heterocycles. The van der Waals surface area contributed by atoms with Gasteiger partial charge in [-0.05, 0) is 0 Å². The molecule has 0 aliphatic heterocycles. The van der Waals surface area contributed by atoms with Gasteiger partial charge in [-0.1, -0.05) is 0 Å². The first kappa shape index (κ1) is 113. The van der Waals surface area contributed by atoms with E-state index in [0.29, 0.717) is 0 Å².